The Balaban J connectivity index is 1.94. The van der Waals surface area contributed by atoms with Crippen LogP contribution in [0.2, 0.25) is 5.02 Å². The number of nitro benzene ring substituents is 1. The normalized spacial score (nSPS) is 18.8. The maximum Gasteiger partial charge on any atom is 0.292 e. The highest BCUT2D eigenvalue weighted by atomic mass is 35.5. The lowest BCUT2D eigenvalue weighted by Crippen LogP contribution is -2.24. The highest BCUT2D eigenvalue weighted by Gasteiger charge is 2.16. The summed E-state index contributed by atoms with van der Waals surface area (Å²) in [6.45, 7) is 1.78. The first kappa shape index (κ1) is 13.1. The highest BCUT2D eigenvalue weighted by Crippen LogP contribution is 2.27. The molecular formula is C12H16ClN3O2. The Morgan fingerprint density at radius 3 is 3.06 bits per heavy atom. The van der Waals surface area contributed by atoms with Gasteiger partial charge in [-0.1, -0.05) is 11.6 Å². The fourth-order valence-electron chi connectivity index (χ4n) is 2.19. The molecule has 0 unspecified atom stereocenters. The van der Waals surface area contributed by atoms with Gasteiger partial charge in [-0.15, -0.1) is 0 Å². The van der Waals surface area contributed by atoms with Crippen molar-refractivity contribution in [1.82, 2.24) is 5.32 Å². The number of benzene rings is 1. The third-order valence-corrected chi connectivity index (χ3v) is 3.36. The van der Waals surface area contributed by atoms with Crippen LogP contribution < -0.4 is 10.6 Å². The fourth-order valence-corrected chi connectivity index (χ4v) is 2.37. The van der Waals surface area contributed by atoms with Gasteiger partial charge in [0.05, 0.1) is 4.92 Å². The van der Waals surface area contributed by atoms with E-state index in [2.05, 4.69) is 10.6 Å². The molecule has 1 heterocycles. The minimum atomic E-state index is -0.396. The van der Waals surface area contributed by atoms with Crippen molar-refractivity contribution in [3.63, 3.8) is 0 Å². The predicted molar refractivity (Wildman–Crippen MR) is 72.2 cm³/mol. The number of anilines is 1. The van der Waals surface area contributed by atoms with Crippen molar-refractivity contribution in [2.45, 2.75) is 25.3 Å². The Bertz CT molecular complexity index is 433. The molecule has 0 amide bonds. The van der Waals surface area contributed by atoms with Crippen molar-refractivity contribution in [2.75, 3.05) is 18.4 Å². The van der Waals surface area contributed by atoms with Crippen LogP contribution in [0.3, 0.4) is 0 Å². The molecule has 98 valence electrons. The van der Waals surface area contributed by atoms with Gasteiger partial charge in [-0.2, -0.15) is 0 Å². The molecule has 5 nitrogen and oxygen atoms in total. The summed E-state index contributed by atoms with van der Waals surface area (Å²) < 4.78 is 0. The van der Waals surface area contributed by atoms with Crippen molar-refractivity contribution in [3.05, 3.63) is 33.3 Å². The van der Waals surface area contributed by atoms with Crippen molar-refractivity contribution < 1.29 is 4.92 Å². The molecule has 2 rings (SSSR count). The van der Waals surface area contributed by atoms with E-state index in [9.17, 15) is 10.1 Å². The first-order valence-corrected chi connectivity index (χ1v) is 6.46. The summed E-state index contributed by atoms with van der Waals surface area (Å²) in [6, 6.07) is 5.08. The molecule has 1 fully saturated rings. The third-order valence-electron chi connectivity index (χ3n) is 3.13. The summed E-state index contributed by atoms with van der Waals surface area (Å²) in [5.41, 5.74) is 0.560. The smallest absolute Gasteiger partial charge is 0.292 e. The Morgan fingerprint density at radius 2 is 2.39 bits per heavy atom. The summed E-state index contributed by atoms with van der Waals surface area (Å²) in [7, 11) is 0. The quantitative estimate of drug-likeness (QED) is 0.637. The van der Waals surface area contributed by atoms with E-state index in [4.69, 9.17) is 11.6 Å². The molecular weight excluding hydrogens is 254 g/mol. The lowest BCUT2D eigenvalue weighted by molar-refractivity contribution is -0.384. The molecule has 6 heteroatoms. The van der Waals surface area contributed by atoms with Crippen molar-refractivity contribution >= 4 is 23.0 Å². The largest absolute Gasteiger partial charge is 0.379 e. The molecule has 1 aliphatic rings. The average molecular weight is 270 g/mol. The van der Waals surface area contributed by atoms with Gasteiger partial charge in [-0.3, -0.25) is 10.1 Å². The number of rotatable bonds is 5. The first-order chi connectivity index (χ1) is 8.66. The van der Waals surface area contributed by atoms with E-state index < -0.39 is 4.92 Å². The second-order valence-corrected chi connectivity index (χ2v) is 4.86. The van der Waals surface area contributed by atoms with Crippen LogP contribution in [0.1, 0.15) is 19.3 Å². The molecule has 1 aromatic rings. The lowest BCUT2D eigenvalue weighted by Gasteiger charge is -2.11. The van der Waals surface area contributed by atoms with E-state index >= 15 is 0 Å². The zero-order chi connectivity index (χ0) is 13.0. The number of halogens is 1. The zero-order valence-corrected chi connectivity index (χ0v) is 10.7. The van der Waals surface area contributed by atoms with Crippen LogP contribution >= 0.6 is 11.6 Å². The number of hydrogen-bond donors (Lipinski definition) is 2. The lowest BCUT2D eigenvalue weighted by atomic mass is 10.1. The Labute approximate surface area is 111 Å². The second kappa shape index (κ2) is 6.02. The summed E-state index contributed by atoms with van der Waals surface area (Å²) in [5.74, 6) is 0. The van der Waals surface area contributed by atoms with Gasteiger partial charge >= 0.3 is 0 Å². The van der Waals surface area contributed by atoms with Gasteiger partial charge in [0, 0.05) is 23.7 Å². The number of nitro groups is 1. The van der Waals surface area contributed by atoms with Crippen molar-refractivity contribution in [1.29, 1.82) is 0 Å². The standard InChI is InChI=1S/C12H16ClN3O2/c13-9-3-4-12(16(17)18)11(8-9)15-7-5-10-2-1-6-14-10/h3-4,8,10,14-15H,1-2,5-7H2/t10-/m0/s1. The van der Waals surface area contributed by atoms with Crippen LogP contribution in [0.15, 0.2) is 18.2 Å². The van der Waals surface area contributed by atoms with E-state index in [0.717, 1.165) is 13.0 Å². The summed E-state index contributed by atoms with van der Waals surface area (Å²) in [4.78, 5) is 10.5. The van der Waals surface area contributed by atoms with Crippen LogP contribution in [0.5, 0.6) is 0 Å². The zero-order valence-electron chi connectivity index (χ0n) is 9.99. The monoisotopic (exact) mass is 269 g/mol. The fraction of sp³-hybridized carbons (Fsp3) is 0.500. The van der Waals surface area contributed by atoms with E-state index in [0.29, 0.717) is 23.3 Å². The van der Waals surface area contributed by atoms with Gasteiger partial charge in [-0.05, 0) is 37.9 Å². The maximum atomic E-state index is 10.9. The van der Waals surface area contributed by atoms with Crippen LogP contribution in [0, 0.1) is 10.1 Å². The molecule has 2 N–H and O–H groups in total. The molecule has 0 bridgehead atoms. The van der Waals surface area contributed by atoms with Gasteiger partial charge in [0.1, 0.15) is 5.69 Å². The Kier molecular flexibility index (Phi) is 4.38. The van der Waals surface area contributed by atoms with Crippen LogP contribution in [0.4, 0.5) is 11.4 Å². The minimum absolute atomic E-state index is 0.0683. The molecule has 1 atom stereocenters. The van der Waals surface area contributed by atoms with E-state index in [1.54, 1.807) is 6.07 Å². The van der Waals surface area contributed by atoms with Crippen LogP contribution in [-0.2, 0) is 0 Å². The Hall–Kier alpha value is -1.33. The van der Waals surface area contributed by atoms with E-state index in [-0.39, 0.29) is 5.69 Å². The molecule has 0 saturated carbocycles. The molecule has 1 saturated heterocycles. The molecule has 0 radical (unpaired) electrons. The van der Waals surface area contributed by atoms with Crippen LogP contribution in [0.25, 0.3) is 0 Å². The summed E-state index contributed by atoms with van der Waals surface area (Å²) >= 11 is 5.85. The molecule has 1 aromatic carbocycles. The third kappa shape index (κ3) is 3.34. The molecule has 0 aliphatic carbocycles. The van der Waals surface area contributed by atoms with Gasteiger partial charge < -0.3 is 10.6 Å². The summed E-state index contributed by atoms with van der Waals surface area (Å²) in [5, 5.41) is 17.9. The summed E-state index contributed by atoms with van der Waals surface area (Å²) in [6.07, 6.45) is 3.35. The van der Waals surface area contributed by atoms with Crippen molar-refractivity contribution in [2.24, 2.45) is 0 Å². The first-order valence-electron chi connectivity index (χ1n) is 6.08. The predicted octanol–water partition coefficient (Wildman–Crippen LogP) is 2.80. The Morgan fingerprint density at radius 1 is 1.56 bits per heavy atom. The average Bonchev–Trinajstić information content (AvgIpc) is 2.82. The van der Waals surface area contributed by atoms with Crippen molar-refractivity contribution in [3.8, 4) is 0 Å². The van der Waals surface area contributed by atoms with Gasteiger partial charge in [0.25, 0.3) is 5.69 Å². The van der Waals surface area contributed by atoms with Gasteiger partial charge in [0.15, 0.2) is 0 Å². The number of nitrogens with one attached hydrogen (secondary N) is 2. The molecule has 18 heavy (non-hydrogen) atoms. The highest BCUT2D eigenvalue weighted by molar-refractivity contribution is 6.31. The molecule has 1 aliphatic heterocycles. The molecule has 0 aromatic heterocycles. The maximum absolute atomic E-state index is 10.9. The minimum Gasteiger partial charge on any atom is -0.379 e. The topological polar surface area (TPSA) is 67.2 Å². The second-order valence-electron chi connectivity index (χ2n) is 4.43. The van der Waals surface area contributed by atoms with Crippen LogP contribution in [-0.4, -0.2) is 24.1 Å². The van der Waals surface area contributed by atoms with E-state index in [1.165, 1.54) is 25.0 Å². The van der Waals surface area contributed by atoms with Gasteiger partial charge in [-0.25, -0.2) is 0 Å². The number of hydrogen-bond acceptors (Lipinski definition) is 4. The SMILES string of the molecule is O=[N+]([O-])c1ccc(Cl)cc1NCC[C@@H]1CCCN1. The van der Waals surface area contributed by atoms with E-state index in [1.807, 2.05) is 0 Å². The number of nitrogens with zero attached hydrogens (tertiary/aromatic N) is 1. The molecule has 0 spiro atoms. The van der Waals surface area contributed by atoms with Gasteiger partial charge in [0.2, 0.25) is 0 Å².